The van der Waals surface area contributed by atoms with Crippen LogP contribution in [0.5, 0.6) is 0 Å². The first-order valence-corrected chi connectivity index (χ1v) is 11.3. The Bertz CT molecular complexity index is 981. The van der Waals surface area contributed by atoms with Crippen molar-refractivity contribution in [1.82, 2.24) is 19.7 Å². The van der Waals surface area contributed by atoms with Gasteiger partial charge in [-0.05, 0) is 24.8 Å². The van der Waals surface area contributed by atoms with Crippen molar-refractivity contribution in [2.75, 3.05) is 13.1 Å². The normalized spacial score (nSPS) is 15.0. The smallest absolute Gasteiger partial charge is 0.240 e. The van der Waals surface area contributed by atoms with Gasteiger partial charge < -0.3 is 4.90 Å². The van der Waals surface area contributed by atoms with Crippen LogP contribution in [0.1, 0.15) is 30.1 Å². The van der Waals surface area contributed by atoms with E-state index in [-0.39, 0.29) is 11.2 Å². The van der Waals surface area contributed by atoms with Crippen LogP contribution in [0.15, 0.2) is 78.5 Å². The second-order valence-corrected chi connectivity index (χ2v) is 8.44. The van der Waals surface area contributed by atoms with Crippen LogP contribution in [0.3, 0.4) is 0 Å². The molecule has 30 heavy (non-hydrogen) atoms. The van der Waals surface area contributed by atoms with E-state index in [2.05, 4.69) is 16.8 Å². The SMILES string of the molecule is C=CCn1c(S[C@H](C(=O)N2CCCCC2)c2ccccc2)nnc1-c1ccccc1. The van der Waals surface area contributed by atoms with Crippen molar-refractivity contribution in [2.45, 2.75) is 36.2 Å². The van der Waals surface area contributed by atoms with Gasteiger partial charge in [0.25, 0.3) is 0 Å². The molecule has 0 saturated carbocycles. The van der Waals surface area contributed by atoms with Gasteiger partial charge in [0.1, 0.15) is 5.25 Å². The molecule has 3 aromatic rings. The predicted molar refractivity (Wildman–Crippen MR) is 121 cm³/mol. The Labute approximate surface area is 181 Å². The van der Waals surface area contributed by atoms with Gasteiger partial charge in [0.05, 0.1) is 0 Å². The van der Waals surface area contributed by atoms with Gasteiger partial charge in [0, 0.05) is 25.2 Å². The number of hydrogen-bond acceptors (Lipinski definition) is 4. The average Bonchev–Trinajstić information content (AvgIpc) is 3.21. The largest absolute Gasteiger partial charge is 0.341 e. The van der Waals surface area contributed by atoms with Crippen molar-refractivity contribution in [3.63, 3.8) is 0 Å². The minimum Gasteiger partial charge on any atom is -0.341 e. The molecule has 0 bridgehead atoms. The summed E-state index contributed by atoms with van der Waals surface area (Å²) in [6, 6.07) is 20.0. The summed E-state index contributed by atoms with van der Waals surface area (Å²) in [5, 5.41) is 9.29. The van der Waals surface area contributed by atoms with Gasteiger partial charge in [-0.15, -0.1) is 16.8 Å². The van der Waals surface area contributed by atoms with E-state index in [1.54, 1.807) is 0 Å². The molecule has 0 aliphatic carbocycles. The number of likely N-dealkylation sites (tertiary alicyclic amines) is 1. The summed E-state index contributed by atoms with van der Waals surface area (Å²) in [6.45, 7) is 6.14. The van der Waals surface area contributed by atoms with Crippen LogP contribution in [0.25, 0.3) is 11.4 Å². The number of hydrogen-bond donors (Lipinski definition) is 0. The number of rotatable bonds is 7. The molecular formula is C24H26N4OS. The lowest BCUT2D eigenvalue weighted by atomic mass is 10.1. The number of allylic oxidation sites excluding steroid dienone is 1. The van der Waals surface area contributed by atoms with Gasteiger partial charge in [0.2, 0.25) is 5.91 Å². The predicted octanol–water partition coefficient (Wildman–Crippen LogP) is 4.98. The highest BCUT2D eigenvalue weighted by atomic mass is 32.2. The number of carbonyl (C=O) groups excluding carboxylic acids is 1. The fourth-order valence-electron chi connectivity index (χ4n) is 3.74. The first-order chi connectivity index (χ1) is 14.8. The Kier molecular flexibility index (Phi) is 6.64. The van der Waals surface area contributed by atoms with Gasteiger partial charge in [-0.2, -0.15) is 0 Å². The van der Waals surface area contributed by atoms with Crippen LogP contribution in [0.2, 0.25) is 0 Å². The van der Waals surface area contributed by atoms with E-state index in [0.29, 0.717) is 6.54 Å². The number of benzene rings is 2. The number of carbonyl (C=O) groups is 1. The van der Waals surface area contributed by atoms with Gasteiger partial charge in [0.15, 0.2) is 11.0 Å². The highest BCUT2D eigenvalue weighted by molar-refractivity contribution is 8.00. The van der Waals surface area contributed by atoms with Gasteiger partial charge >= 0.3 is 0 Å². The molecule has 1 fully saturated rings. The van der Waals surface area contributed by atoms with E-state index in [4.69, 9.17) is 0 Å². The van der Waals surface area contributed by atoms with E-state index in [1.807, 2.05) is 76.2 Å². The molecule has 2 heterocycles. The van der Waals surface area contributed by atoms with E-state index >= 15 is 0 Å². The van der Waals surface area contributed by atoms with Crippen molar-refractivity contribution < 1.29 is 4.79 Å². The molecule has 1 aliphatic rings. The quantitative estimate of drug-likeness (QED) is 0.401. The van der Waals surface area contributed by atoms with Crippen LogP contribution in [-0.2, 0) is 11.3 Å². The minimum absolute atomic E-state index is 0.153. The summed E-state index contributed by atoms with van der Waals surface area (Å²) in [5.41, 5.74) is 1.99. The second-order valence-electron chi connectivity index (χ2n) is 7.37. The monoisotopic (exact) mass is 418 g/mol. The zero-order valence-corrected chi connectivity index (χ0v) is 17.8. The molecule has 2 aromatic carbocycles. The first kappa shape index (κ1) is 20.4. The van der Waals surface area contributed by atoms with Gasteiger partial charge in [-0.25, -0.2) is 0 Å². The maximum Gasteiger partial charge on any atom is 0.240 e. The number of thioether (sulfide) groups is 1. The topological polar surface area (TPSA) is 51.0 Å². The molecule has 5 nitrogen and oxygen atoms in total. The molecule has 0 radical (unpaired) electrons. The maximum atomic E-state index is 13.5. The summed E-state index contributed by atoms with van der Waals surface area (Å²) in [4.78, 5) is 15.5. The minimum atomic E-state index is -0.347. The van der Waals surface area contributed by atoms with E-state index in [1.165, 1.54) is 18.2 Å². The van der Waals surface area contributed by atoms with Crippen LogP contribution >= 0.6 is 11.8 Å². The lowest BCUT2D eigenvalue weighted by molar-refractivity contribution is -0.131. The molecule has 0 N–H and O–H groups in total. The lowest BCUT2D eigenvalue weighted by Gasteiger charge is -2.30. The molecule has 154 valence electrons. The molecule has 1 aliphatic heterocycles. The van der Waals surface area contributed by atoms with Crippen LogP contribution in [-0.4, -0.2) is 38.7 Å². The van der Waals surface area contributed by atoms with Gasteiger partial charge in [-0.3, -0.25) is 9.36 Å². The molecule has 0 unspecified atom stereocenters. The molecule has 6 heteroatoms. The molecule has 1 aromatic heterocycles. The number of nitrogens with zero attached hydrogens (tertiary/aromatic N) is 4. The third kappa shape index (κ3) is 4.49. The molecule has 4 rings (SSSR count). The Morgan fingerprint density at radius 2 is 1.67 bits per heavy atom. The van der Waals surface area contributed by atoms with E-state index in [9.17, 15) is 4.79 Å². The van der Waals surface area contributed by atoms with E-state index < -0.39 is 0 Å². The molecular weight excluding hydrogens is 392 g/mol. The average molecular weight is 419 g/mol. The summed E-state index contributed by atoms with van der Waals surface area (Å²) in [5.74, 6) is 0.940. The molecule has 1 amide bonds. The van der Waals surface area contributed by atoms with Crippen molar-refractivity contribution in [2.24, 2.45) is 0 Å². The Balaban J connectivity index is 1.68. The highest BCUT2D eigenvalue weighted by Gasteiger charge is 2.30. The number of piperidine rings is 1. The summed E-state index contributed by atoms with van der Waals surface area (Å²) < 4.78 is 2.03. The van der Waals surface area contributed by atoms with Crippen molar-refractivity contribution in [3.05, 3.63) is 78.9 Å². The van der Waals surface area contributed by atoms with Crippen LogP contribution in [0.4, 0.5) is 0 Å². The standard InChI is InChI=1S/C24H26N4OS/c1-2-16-28-22(20-14-8-4-9-15-20)25-26-24(28)30-21(19-12-6-3-7-13-19)23(29)27-17-10-5-11-18-27/h2-4,6-9,12-15,21H,1,5,10-11,16-18H2/t21-/m0/s1. The Hall–Kier alpha value is -2.86. The molecule has 1 atom stereocenters. The van der Waals surface area contributed by atoms with E-state index in [0.717, 1.165) is 48.0 Å². The molecule has 1 saturated heterocycles. The van der Waals surface area contributed by atoms with Crippen molar-refractivity contribution in [3.8, 4) is 11.4 Å². The van der Waals surface area contributed by atoms with Crippen molar-refractivity contribution in [1.29, 1.82) is 0 Å². The zero-order valence-electron chi connectivity index (χ0n) is 17.0. The third-order valence-corrected chi connectivity index (χ3v) is 6.50. The first-order valence-electron chi connectivity index (χ1n) is 10.4. The Morgan fingerprint density at radius 1 is 1.00 bits per heavy atom. The summed E-state index contributed by atoms with van der Waals surface area (Å²) in [6.07, 6.45) is 5.18. The number of aromatic nitrogens is 3. The Morgan fingerprint density at radius 3 is 2.33 bits per heavy atom. The lowest BCUT2D eigenvalue weighted by Crippen LogP contribution is -2.38. The van der Waals surface area contributed by atoms with Crippen LogP contribution in [0, 0.1) is 0 Å². The number of amides is 1. The van der Waals surface area contributed by atoms with Crippen molar-refractivity contribution >= 4 is 17.7 Å². The maximum absolute atomic E-state index is 13.5. The summed E-state index contributed by atoms with van der Waals surface area (Å²) >= 11 is 1.48. The fraction of sp³-hybridized carbons (Fsp3) is 0.292. The zero-order chi connectivity index (χ0) is 20.8. The highest BCUT2D eigenvalue weighted by Crippen LogP contribution is 2.37. The fourth-order valence-corrected chi connectivity index (χ4v) is 4.87. The second kappa shape index (κ2) is 9.76. The molecule has 0 spiro atoms. The third-order valence-electron chi connectivity index (χ3n) is 5.28. The van der Waals surface area contributed by atoms with Crippen LogP contribution < -0.4 is 0 Å². The van der Waals surface area contributed by atoms with Gasteiger partial charge in [-0.1, -0.05) is 78.5 Å². The summed E-state index contributed by atoms with van der Waals surface area (Å²) in [7, 11) is 0.